The van der Waals surface area contributed by atoms with E-state index in [0.717, 1.165) is 19.6 Å². The SMILES string of the molecule is CC1(C)CN(CCNC(N)=O)CC1c1ccccc1. The van der Waals surface area contributed by atoms with Crippen molar-refractivity contribution in [2.75, 3.05) is 26.2 Å². The monoisotopic (exact) mass is 261 g/mol. The summed E-state index contributed by atoms with van der Waals surface area (Å²) in [6, 6.07) is 10.2. The van der Waals surface area contributed by atoms with Crippen molar-refractivity contribution in [2.24, 2.45) is 11.1 Å². The molecule has 0 saturated carbocycles. The number of urea groups is 1. The lowest BCUT2D eigenvalue weighted by Crippen LogP contribution is -2.37. The number of likely N-dealkylation sites (tertiary alicyclic amines) is 1. The molecule has 4 heteroatoms. The second-order valence-electron chi connectivity index (χ2n) is 5.98. The average Bonchev–Trinajstić information content (AvgIpc) is 2.65. The lowest BCUT2D eigenvalue weighted by molar-refractivity contribution is 0.244. The summed E-state index contributed by atoms with van der Waals surface area (Å²) in [4.78, 5) is 13.1. The molecule has 2 amide bonds. The smallest absolute Gasteiger partial charge is 0.312 e. The van der Waals surface area contributed by atoms with E-state index in [-0.39, 0.29) is 5.41 Å². The Labute approximate surface area is 115 Å². The van der Waals surface area contributed by atoms with Gasteiger partial charge in [-0.05, 0) is 11.0 Å². The maximum atomic E-state index is 10.7. The molecule has 1 fully saturated rings. The zero-order valence-corrected chi connectivity index (χ0v) is 11.7. The van der Waals surface area contributed by atoms with E-state index in [1.807, 2.05) is 0 Å². The Kier molecular flexibility index (Phi) is 4.10. The largest absolute Gasteiger partial charge is 0.352 e. The molecule has 0 aromatic heterocycles. The van der Waals surface area contributed by atoms with E-state index in [1.165, 1.54) is 5.56 Å². The van der Waals surface area contributed by atoms with E-state index in [2.05, 4.69) is 54.4 Å². The number of primary amides is 1. The van der Waals surface area contributed by atoms with Crippen LogP contribution in [-0.2, 0) is 0 Å². The van der Waals surface area contributed by atoms with Crippen molar-refractivity contribution in [3.05, 3.63) is 35.9 Å². The molecular weight excluding hydrogens is 238 g/mol. The van der Waals surface area contributed by atoms with Crippen LogP contribution >= 0.6 is 0 Å². The summed E-state index contributed by atoms with van der Waals surface area (Å²) in [5, 5.41) is 2.65. The van der Waals surface area contributed by atoms with Gasteiger partial charge < -0.3 is 16.0 Å². The normalized spacial score (nSPS) is 22.3. The highest BCUT2D eigenvalue weighted by molar-refractivity contribution is 5.71. The summed E-state index contributed by atoms with van der Waals surface area (Å²) in [5.74, 6) is 0.544. The summed E-state index contributed by atoms with van der Waals surface area (Å²) in [6.45, 7) is 8.19. The number of hydrogen-bond donors (Lipinski definition) is 2. The summed E-state index contributed by atoms with van der Waals surface area (Å²) in [6.07, 6.45) is 0. The number of rotatable bonds is 4. The first kappa shape index (κ1) is 13.9. The minimum atomic E-state index is -0.446. The van der Waals surface area contributed by atoms with Crippen LogP contribution in [0.2, 0.25) is 0 Å². The molecule has 1 atom stereocenters. The van der Waals surface area contributed by atoms with Gasteiger partial charge in [0.05, 0.1) is 0 Å². The second kappa shape index (κ2) is 5.61. The van der Waals surface area contributed by atoms with Crippen molar-refractivity contribution in [2.45, 2.75) is 19.8 Å². The van der Waals surface area contributed by atoms with Gasteiger partial charge in [0.2, 0.25) is 0 Å². The summed E-state index contributed by atoms with van der Waals surface area (Å²) < 4.78 is 0. The molecule has 0 radical (unpaired) electrons. The summed E-state index contributed by atoms with van der Waals surface area (Å²) >= 11 is 0. The molecule has 104 valence electrons. The number of nitrogens with zero attached hydrogens (tertiary/aromatic N) is 1. The molecule has 19 heavy (non-hydrogen) atoms. The lowest BCUT2D eigenvalue weighted by Gasteiger charge is -2.26. The number of benzene rings is 1. The Hall–Kier alpha value is -1.55. The van der Waals surface area contributed by atoms with Gasteiger partial charge in [-0.2, -0.15) is 0 Å². The summed E-state index contributed by atoms with van der Waals surface area (Å²) in [7, 11) is 0. The van der Waals surface area contributed by atoms with Crippen molar-refractivity contribution in [3.8, 4) is 0 Å². The Morgan fingerprint density at radius 3 is 2.74 bits per heavy atom. The maximum absolute atomic E-state index is 10.7. The van der Waals surface area contributed by atoms with Crippen molar-refractivity contribution in [3.63, 3.8) is 0 Å². The van der Waals surface area contributed by atoms with Gasteiger partial charge in [-0.1, -0.05) is 44.2 Å². The topological polar surface area (TPSA) is 58.4 Å². The van der Waals surface area contributed by atoms with E-state index >= 15 is 0 Å². The molecule has 4 nitrogen and oxygen atoms in total. The molecule has 1 unspecified atom stereocenters. The van der Waals surface area contributed by atoms with Gasteiger partial charge in [-0.25, -0.2) is 4.79 Å². The van der Waals surface area contributed by atoms with Gasteiger partial charge >= 0.3 is 6.03 Å². The van der Waals surface area contributed by atoms with Crippen molar-refractivity contribution in [1.82, 2.24) is 10.2 Å². The summed E-state index contributed by atoms with van der Waals surface area (Å²) in [5.41, 5.74) is 6.74. The van der Waals surface area contributed by atoms with E-state index < -0.39 is 6.03 Å². The number of nitrogens with two attached hydrogens (primary N) is 1. The van der Waals surface area contributed by atoms with Crippen LogP contribution in [0.25, 0.3) is 0 Å². The Morgan fingerprint density at radius 2 is 2.11 bits per heavy atom. The molecule has 0 aliphatic carbocycles. The zero-order valence-electron chi connectivity index (χ0n) is 11.7. The molecule has 0 spiro atoms. The van der Waals surface area contributed by atoms with Gasteiger partial charge in [-0.3, -0.25) is 0 Å². The van der Waals surface area contributed by atoms with E-state index in [4.69, 9.17) is 5.73 Å². The molecule has 1 aliphatic heterocycles. The fourth-order valence-electron chi connectivity index (χ4n) is 3.01. The fraction of sp³-hybridized carbons (Fsp3) is 0.533. The van der Waals surface area contributed by atoms with Gasteiger partial charge in [0, 0.05) is 32.1 Å². The van der Waals surface area contributed by atoms with Gasteiger partial charge in [-0.15, -0.1) is 0 Å². The zero-order chi connectivity index (χ0) is 13.9. The molecule has 1 aliphatic rings. The van der Waals surface area contributed by atoms with Crippen LogP contribution in [-0.4, -0.2) is 37.1 Å². The highest BCUT2D eigenvalue weighted by atomic mass is 16.2. The van der Waals surface area contributed by atoms with E-state index in [9.17, 15) is 4.79 Å². The second-order valence-corrected chi connectivity index (χ2v) is 5.98. The van der Waals surface area contributed by atoms with Gasteiger partial charge in [0.15, 0.2) is 0 Å². The molecule has 1 aromatic rings. The molecule has 0 bridgehead atoms. The van der Waals surface area contributed by atoms with Crippen LogP contribution in [0, 0.1) is 5.41 Å². The van der Waals surface area contributed by atoms with Crippen LogP contribution < -0.4 is 11.1 Å². The van der Waals surface area contributed by atoms with Crippen LogP contribution in [0.4, 0.5) is 4.79 Å². The Morgan fingerprint density at radius 1 is 1.42 bits per heavy atom. The first-order valence-electron chi connectivity index (χ1n) is 6.79. The van der Waals surface area contributed by atoms with Crippen LogP contribution in [0.3, 0.4) is 0 Å². The predicted molar refractivity (Wildman–Crippen MR) is 77.0 cm³/mol. The Balaban J connectivity index is 1.97. The van der Waals surface area contributed by atoms with Crippen LogP contribution in [0.15, 0.2) is 30.3 Å². The third-order valence-corrected chi connectivity index (χ3v) is 3.94. The van der Waals surface area contributed by atoms with Gasteiger partial charge in [0.1, 0.15) is 0 Å². The van der Waals surface area contributed by atoms with E-state index in [1.54, 1.807) is 0 Å². The van der Waals surface area contributed by atoms with Crippen molar-refractivity contribution < 1.29 is 4.79 Å². The number of amides is 2. The first-order valence-corrected chi connectivity index (χ1v) is 6.79. The number of carbonyl (C=O) groups is 1. The third-order valence-electron chi connectivity index (χ3n) is 3.94. The van der Waals surface area contributed by atoms with E-state index in [0.29, 0.717) is 12.5 Å². The average molecular weight is 261 g/mol. The minimum absolute atomic E-state index is 0.258. The van der Waals surface area contributed by atoms with Crippen LogP contribution in [0.1, 0.15) is 25.3 Å². The maximum Gasteiger partial charge on any atom is 0.312 e. The minimum Gasteiger partial charge on any atom is -0.352 e. The van der Waals surface area contributed by atoms with Crippen LogP contribution in [0.5, 0.6) is 0 Å². The first-order chi connectivity index (χ1) is 8.99. The lowest BCUT2D eigenvalue weighted by atomic mass is 9.78. The Bertz CT molecular complexity index is 430. The number of hydrogen-bond acceptors (Lipinski definition) is 2. The third kappa shape index (κ3) is 3.47. The highest BCUT2D eigenvalue weighted by Crippen LogP contribution is 2.41. The predicted octanol–water partition coefficient (Wildman–Crippen LogP) is 1.78. The number of carbonyl (C=O) groups excluding carboxylic acids is 1. The molecular formula is C15H23N3O. The molecule has 1 saturated heterocycles. The standard InChI is InChI=1S/C15H23N3O/c1-15(2)11-18(9-8-17-14(16)19)10-13(15)12-6-4-3-5-7-12/h3-7,13H,8-11H2,1-2H3,(H3,16,17,19). The molecule has 1 aromatic carbocycles. The fourth-order valence-corrected chi connectivity index (χ4v) is 3.01. The molecule has 3 N–H and O–H groups in total. The highest BCUT2D eigenvalue weighted by Gasteiger charge is 2.39. The molecule has 1 heterocycles. The number of nitrogens with one attached hydrogen (secondary N) is 1. The van der Waals surface area contributed by atoms with Gasteiger partial charge in [0.25, 0.3) is 0 Å². The van der Waals surface area contributed by atoms with Crippen molar-refractivity contribution in [1.29, 1.82) is 0 Å². The molecule has 2 rings (SSSR count). The quantitative estimate of drug-likeness (QED) is 0.868. The van der Waals surface area contributed by atoms with Crippen molar-refractivity contribution >= 4 is 6.03 Å².